The predicted octanol–water partition coefficient (Wildman–Crippen LogP) is 20.7. The second-order valence-electron chi connectivity index (χ2n) is 23.1. The van der Waals surface area contributed by atoms with Crippen LogP contribution in [-0.2, 0) is 18.4 Å². The number of carbonyl (C=O) groups is 1. The number of amides is 1. The molecule has 9 heteroatoms. The van der Waals surface area contributed by atoms with Gasteiger partial charge in [-0.2, -0.15) is 0 Å². The summed E-state index contributed by atoms with van der Waals surface area (Å²) in [7, 11) is 1.54. The van der Waals surface area contributed by atoms with E-state index in [0.29, 0.717) is 17.4 Å². The van der Waals surface area contributed by atoms with Crippen LogP contribution in [-0.4, -0.2) is 73.4 Å². The molecule has 3 unspecified atom stereocenters. The Morgan fingerprint density at radius 3 is 1.16 bits per heavy atom. The van der Waals surface area contributed by atoms with Crippen molar-refractivity contribution >= 4 is 13.7 Å². The third kappa shape index (κ3) is 62.6. The first-order valence-electron chi connectivity index (χ1n) is 32.8. The van der Waals surface area contributed by atoms with Crippen molar-refractivity contribution in [1.29, 1.82) is 0 Å². The zero-order valence-electron chi connectivity index (χ0n) is 52.1. The Kier molecular flexibility index (Phi) is 57.6. The van der Waals surface area contributed by atoms with Gasteiger partial charge in [0.05, 0.1) is 39.9 Å². The average molecular weight is 1120 g/mol. The molecule has 0 fully saturated rings. The van der Waals surface area contributed by atoms with Crippen LogP contribution in [0.4, 0.5) is 0 Å². The zero-order valence-corrected chi connectivity index (χ0v) is 53.0. The Labute approximate surface area is 489 Å². The molecule has 0 aromatic carbocycles. The van der Waals surface area contributed by atoms with E-state index in [-0.39, 0.29) is 19.1 Å². The number of likely N-dealkylation sites (N-methyl/N-ethyl adjacent to an activating group) is 1. The van der Waals surface area contributed by atoms with E-state index in [1.807, 2.05) is 27.2 Å². The van der Waals surface area contributed by atoms with Gasteiger partial charge >= 0.3 is 7.82 Å². The summed E-state index contributed by atoms with van der Waals surface area (Å²) in [6.45, 7) is 4.69. The van der Waals surface area contributed by atoms with Crippen molar-refractivity contribution in [1.82, 2.24) is 5.32 Å². The standard InChI is InChI=1S/C70H125N2O6P/c1-6-8-10-12-14-16-18-20-22-24-26-28-30-32-34-35-36-37-38-40-42-44-46-48-50-52-54-56-58-60-62-64-70(74)71-68(67-78-79(75,76)77-66-65-72(3,4)5)69(73)63-61-59-57-55-53-51-49-47-45-43-41-39-33-31-29-27-25-23-21-19-17-15-13-11-9-7-2/h8,10,14,16,20,22,26,28,32,34,36-37,40,42,53,55,61,63,68-69,73H,6-7,9,11-13,15,17-19,21,23-25,27,29-31,33,35,38-39,41,43-52,54,56-60,62,64-67H2,1-5H3,(H-,71,74,75,76)/p+1/b10-8-,16-14-,22-20-,28-26-,34-32-,37-36-,42-40-,55-53+,63-61+. The van der Waals surface area contributed by atoms with Gasteiger partial charge in [0.1, 0.15) is 13.2 Å². The molecule has 0 aliphatic heterocycles. The van der Waals surface area contributed by atoms with Gasteiger partial charge in [-0.15, -0.1) is 0 Å². The van der Waals surface area contributed by atoms with Crippen molar-refractivity contribution in [3.8, 4) is 0 Å². The first-order chi connectivity index (χ1) is 38.5. The van der Waals surface area contributed by atoms with E-state index in [2.05, 4.69) is 116 Å². The fourth-order valence-electron chi connectivity index (χ4n) is 9.16. The molecule has 0 rings (SSSR count). The molecule has 0 radical (unpaired) electrons. The molecular formula is C70H126N2O6P+. The minimum atomic E-state index is -4.37. The molecule has 0 aromatic heterocycles. The van der Waals surface area contributed by atoms with Gasteiger partial charge in [-0.1, -0.05) is 290 Å². The van der Waals surface area contributed by atoms with Crippen LogP contribution in [0, 0.1) is 0 Å². The maximum atomic E-state index is 13.0. The number of aliphatic hydroxyl groups is 1. The minimum absolute atomic E-state index is 0.0499. The monoisotopic (exact) mass is 1120 g/mol. The molecule has 0 spiro atoms. The number of hydrogen-bond donors (Lipinski definition) is 3. The number of rotatable bonds is 59. The highest BCUT2D eigenvalue weighted by Crippen LogP contribution is 2.43. The van der Waals surface area contributed by atoms with Crippen LogP contribution < -0.4 is 5.32 Å². The number of carbonyl (C=O) groups excluding carboxylic acids is 1. The lowest BCUT2D eigenvalue weighted by atomic mass is 10.0. The number of phosphoric acid groups is 1. The SMILES string of the molecule is CC/C=C\C/C=C\C/C=C\C/C=C\C/C=C\C/C=C\C/C=C\CCCCCCCCCCCC(=O)NC(COP(=O)(O)OCC[N+](C)(C)C)C(O)/C=C/CC/C=C/CCCCCCCCCCCCCCCCCCCCCC. The van der Waals surface area contributed by atoms with Crippen molar-refractivity contribution in [2.45, 2.75) is 289 Å². The number of aliphatic hydroxyl groups excluding tert-OH is 1. The van der Waals surface area contributed by atoms with Gasteiger partial charge in [0, 0.05) is 6.42 Å². The molecule has 0 saturated carbocycles. The molecule has 0 bridgehead atoms. The van der Waals surface area contributed by atoms with E-state index in [1.54, 1.807) is 6.08 Å². The van der Waals surface area contributed by atoms with Gasteiger partial charge < -0.3 is 19.8 Å². The van der Waals surface area contributed by atoms with E-state index < -0.39 is 20.0 Å². The van der Waals surface area contributed by atoms with Crippen molar-refractivity contribution < 1.29 is 32.9 Å². The van der Waals surface area contributed by atoms with E-state index in [9.17, 15) is 19.4 Å². The van der Waals surface area contributed by atoms with Gasteiger partial charge in [0.15, 0.2) is 0 Å². The fourth-order valence-corrected chi connectivity index (χ4v) is 9.89. The fraction of sp³-hybridized carbons (Fsp3) is 0.729. The van der Waals surface area contributed by atoms with Crippen LogP contribution in [0.2, 0.25) is 0 Å². The summed E-state index contributed by atoms with van der Waals surface area (Å²) in [6, 6.07) is -0.876. The molecule has 3 N–H and O–H groups in total. The maximum Gasteiger partial charge on any atom is 0.472 e. The minimum Gasteiger partial charge on any atom is -0.387 e. The predicted molar refractivity (Wildman–Crippen MR) is 345 cm³/mol. The van der Waals surface area contributed by atoms with Crippen LogP contribution in [0.5, 0.6) is 0 Å². The average Bonchev–Trinajstić information content (AvgIpc) is 3.42. The van der Waals surface area contributed by atoms with Crippen LogP contribution in [0.3, 0.4) is 0 Å². The lowest BCUT2D eigenvalue weighted by Crippen LogP contribution is -2.45. The van der Waals surface area contributed by atoms with Crippen molar-refractivity contribution in [3.05, 3.63) is 109 Å². The van der Waals surface area contributed by atoms with Crippen LogP contribution in [0.25, 0.3) is 0 Å². The molecule has 79 heavy (non-hydrogen) atoms. The van der Waals surface area contributed by atoms with E-state index in [0.717, 1.165) is 89.9 Å². The number of nitrogens with zero attached hydrogens (tertiary/aromatic N) is 1. The number of quaternary nitrogens is 1. The molecule has 0 aliphatic carbocycles. The Hall–Kier alpha value is -2.84. The zero-order chi connectivity index (χ0) is 57.7. The molecule has 8 nitrogen and oxygen atoms in total. The van der Waals surface area contributed by atoms with Crippen LogP contribution >= 0.6 is 7.82 Å². The van der Waals surface area contributed by atoms with Crippen LogP contribution in [0.15, 0.2) is 109 Å². The smallest absolute Gasteiger partial charge is 0.387 e. The summed E-state index contributed by atoms with van der Waals surface area (Å²) < 4.78 is 23.8. The number of phosphoric ester groups is 1. The summed E-state index contributed by atoms with van der Waals surface area (Å²) >= 11 is 0. The molecule has 456 valence electrons. The largest absolute Gasteiger partial charge is 0.472 e. The highest BCUT2D eigenvalue weighted by Gasteiger charge is 2.27. The highest BCUT2D eigenvalue weighted by molar-refractivity contribution is 7.47. The lowest BCUT2D eigenvalue weighted by Gasteiger charge is -2.25. The van der Waals surface area contributed by atoms with Gasteiger partial charge in [0.2, 0.25) is 5.91 Å². The van der Waals surface area contributed by atoms with Gasteiger partial charge in [-0.25, -0.2) is 4.57 Å². The number of allylic oxidation sites excluding steroid dienone is 17. The normalized spacial score (nSPS) is 14.5. The van der Waals surface area contributed by atoms with E-state index in [4.69, 9.17) is 9.05 Å². The topological polar surface area (TPSA) is 105 Å². The van der Waals surface area contributed by atoms with E-state index in [1.165, 1.54) is 167 Å². The van der Waals surface area contributed by atoms with Gasteiger partial charge in [-0.05, 0) is 89.9 Å². The second-order valence-corrected chi connectivity index (χ2v) is 24.6. The van der Waals surface area contributed by atoms with E-state index >= 15 is 0 Å². The molecule has 0 aliphatic rings. The first-order valence-corrected chi connectivity index (χ1v) is 34.3. The third-order valence-electron chi connectivity index (χ3n) is 14.2. The molecular weight excluding hydrogens is 996 g/mol. The summed E-state index contributed by atoms with van der Waals surface area (Å²) in [5, 5.41) is 14.0. The van der Waals surface area contributed by atoms with Gasteiger partial charge in [0.25, 0.3) is 0 Å². The Morgan fingerprint density at radius 2 is 0.772 bits per heavy atom. The molecule has 3 atom stereocenters. The Balaban J connectivity index is 4.22. The molecule has 0 aromatic rings. The quantitative estimate of drug-likeness (QED) is 0.0243. The number of nitrogens with one attached hydrogen (secondary N) is 1. The second kappa shape index (κ2) is 59.8. The third-order valence-corrected chi connectivity index (χ3v) is 15.2. The maximum absolute atomic E-state index is 13.0. The number of unbranched alkanes of at least 4 members (excludes halogenated alkanes) is 30. The van der Waals surface area contributed by atoms with Crippen LogP contribution in [0.1, 0.15) is 277 Å². The summed E-state index contributed by atoms with van der Waals surface area (Å²) in [5.74, 6) is -0.195. The number of hydrogen-bond acceptors (Lipinski definition) is 5. The summed E-state index contributed by atoms with van der Waals surface area (Å²) in [5.41, 5.74) is 0. The van der Waals surface area contributed by atoms with Crippen molar-refractivity contribution in [2.75, 3.05) is 40.9 Å². The summed E-state index contributed by atoms with van der Waals surface area (Å²) in [4.78, 5) is 23.4. The van der Waals surface area contributed by atoms with Crippen molar-refractivity contribution in [2.24, 2.45) is 0 Å². The summed E-state index contributed by atoms with van der Waals surface area (Å²) in [6.07, 6.45) is 87.9. The lowest BCUT2D eigenvalue weighted by molar-refractivity contribution is -0.870. The Bertz CT molecular complexity index is 1650. The molecule has 1 amide bonds. The van der Waals surface area contributed by atoms with Crippen molar-refractivity contribution in [3.63, 3.8) is 0 Å². The molecule has 0 saturated heterocycles. The first kappa shape index (κ1) is 76.2. The molecule has 0 heterocycles. The van der Waals surface area contributed by atoms with Gasteiger partial charge in [-0.3, -0.25) is 13.8 Å². The highest BCUT2D eigenvalue weighted by atomic mass is 31.2. The Morgan fingerprint density at radius 1 is 0.443 bits per heavy atom.